The molecular formula is C104H112Cl3F6N21O6. The van der Waals surface area contributed by atoms with Gasteiger partial charge in [-0.1, -0.05) is 116 Å². The Balaban J connectivity index is 0.000000134. The molecule has 1 spiro atoms. The maximum atomic E-state index is 14.6. The molecule has 1 saturated carbocycles. The normalized spacial score (nSPS) is 23.1. The summed E-state index contributed by atoms with van der Waals surface area (Å²) in [6.45, 7) is 49.4. The minimum Gasteiger partial charge on any atom is -0.462 e. The fraction of sp³-hybridized carbons (Fsp3) is 0.481. The van der Waals surface area contributed by atoms with Crippen LogP contribution in [0.5, 0.6) is 18.0 Å². The highest BCUT2D eigenvalue weighted by molar-refractivity contribution is 6.38. The van der Waals surface area contributed by atoms with Crippen LogP contribution in [0.4, 0.5) is 60.9 Å². The Bertz CT molecular complexity index is 6520. The van der Waals surface area contributed by atoms with E-state index in [0.717, 1.165) is 163 Å². The van der Waals surface area contributed by atoms with Gasteiger partial charge in [0.2, 0.25) is 19.6 Å². The van der Waals surface area contributed by atoms with E-state index in [9.17, 15) is 40.7 Å². The van der Waals surface area contributed by atoms with Crippen molar-refractivity contribution in [2.24, 2.45) is 5.41 Å². The van der Waals surface area contributed by atoms with E-state index in [-0.39, 0.29) is 77.5 Å². The summed E-state index contributed by atoms with van der Waals surface area (Å²) in [5, 5.41) is 4.84. The van der Waals surface area contributed by atoms with Gasteiger partial charge in [0.05, 0.1) is 62.9 Å². The molecule has 14 heterocycles. The molecule has 27 nitrogen and oxygen atoms in total. The van der Waals surface area contributed by atoms with Gasteiger partial charge in [0.1, 0.15) is 72.9 Å². The van der Waals surface area contributed by atoms with Crippen LogP contribution in [0.3, 0.4) is 0 Å². The molecule has 8 saturated heterocycles. The maximum Gasteiger partial charge on any atom is 0.318 e. The number of rotatable bonds is 22. The Labute approximate surface area is 825 Å². The van der Waals surface area contributed by atoms with Crippen molar-refractivity contribution < 1.29 is 54.9 Å². The predicted octanol–water partition coefficient (Wildman–Crippen LogP) is 16.9. The second-order valence-corrected chi connectivity index (χ2v) is 40.3. The summed E-state index contributed by atoms with van der Waals surface area (Å²) in [5.74, 6) is -4.67. The van der Waals surface area contributed by atoms with Crippen LogP contribution in [0, 0.1) is 42.6 Å². The van der Waals surface area contributed by atoms with Gasteiger partial charge in [0.25, 0.3) is 17.7 Å². The fourth-order valence-corrected chi connectivity index (χ4v) is 24.6. The summed E-state index contributed by atoms with van der Waals surface area (Å²) in [7, 11) is 0. The van der Waals surface area contributed by atoms with Gasteiger partial charge in [0, 0.05) is 147 Å². The van der Waals surface area contributed by atoms with Gasteiger partial charge in [-0.15, -0.1) is 0 Å². The molecule has 11 aliphatic heterocycles. The smallest absolute Gasteiger partial charge is 0.318 e. The lowest BCUT2D eigenvalue weighted by atomic mass is 9.89. The van der Waals surface area contributed by atoms with Gasteiger partial charge in [-0.3, -0.25) is 29.1 Å². The average molecular weight is 1970 g/mol. The molecule has 6 aromatic carbocycles. The Morgan fingerprint density at radius 2 is 0.843 bits per heavy atom. The average Bonchev–Trinajstić information content (AvgIpc) is 1.56. The predicted molar refractivity (Wildman–Crippen MR) is 529 cm³/mol. The summed E-state index contributed by atoms with van der Waals surface area (Å²) in [4.78, 5) is 103. The second-order valence-electron chi connectivity index (χ2n) is 39.2. The zero-order valence-corrected chi connectivity index (χ0v) is 81.0. The molecular weight excluding hydrogens is 1860 g/mol. The van der Waals surface area contributed by atoms with Gasteiger partial charge in [0.15, 0.2) is 17.5 Å². The topological polar surface area (TPSA) is 208 Å². The number of halogens is 9. The largest absolute Gasteiger partial charge is 0.462 e. The van der Waals surface area contributed by atoms with E-state index in [1.807, 2.05) is 54.6 Å². The van der Waals surface area contributed by atoms with Crippen LogP contribution in [-0.2, 0) is 53.3 Å². The van der Waals surface area contributed by atoms with Crippen molar-refractivity contribution in [1.82, 2.24) is 59.3 Å². The van der Waals surface area contributed by atoms with E-state index in [1.165, 1.54) is 45.7 Å². The molecule has 3 amide bonds. The van der Waals surface area contributed by atoms with Crippen molar-refractivity contribution in [3.8, 4) is 18.0 Å². The van der Waals surface area contributed by atoms with Crippen LogP contribution in [-0.4, -0.2) is 269 Å². The van der Waals surface area contributed by atoms with Crippen molar-refractivity contribution in [2.45, 2.75) is 165 Å². The third-order valence-corrected chi connectivity index (χ3v) is 32.1. The molecule has 3 unspecified atom stereocenters. The molecule has 12 aliphatic rings. The molecule has 36 heteroatoms. The van der Waals surface area contributed by atoms with Gasteiger partial charge in [-0.25, -0.2) is 46.1 Å². The Hall–Kier alpha value is -12.0. The van der Waals surface area contributed by atoms with Crippen LogP contribution in [0.1, 0.15) is 118 Å². The van der Waals surface area contributed by atoms with Gasteiger partial charge in [-0.05, 0) is 181 Å². The lowest BCUT2D eigenvalue weighted by molar-refractivity contribution is -0.131. The molecule has 7 atom stereocenters. The van der Waals surface area contributed by atoms with Crippen LogP contribution in [0.25, 0.3) is 46.9 Å². The number of benzene rings is 6. The maximum absolute atomic E-state index is 14.6. The van der Waals surface area contributed by atoms with E-state index in [1.54, 1.807) is 18.2 Å². The molecule has 3 aromatic heterocycles. The number of nitrogens with zero attached hydrogens (tertiary/aromatic N) is 21. The summed E-state index contributed by atoms with van der Waals surface area (Å²) in [6.07, 6.45) is 14.4. The Kier molecular flexibility index (Phi) is 28.0. The van der Waals surface area contributed by atoms with Crippen LogP contribution in [0.2, 0.25) is 15.1 Å². The molecule has 732 valence electrons. The third kappa shape index (κ3) is 19.1. The van der Waals surface area contributed by atoms with E-state index < -0.39 is 70.8 Å². The molecule has 9 fully saturated rings. The number of aromatic nitrogens is 6. The minimum absolute atomic E-state index is 0.00715. The summed E-state index contributed by atoms with van der Waals surface area (Å²) in [5.41, 5.74) is 8.25. The number of ether oxygens (including phenoxy) is 3. The minimum atomic E-state index is -1.03. The van der Waals surface area contributed by atoms with Crippen LogP contribution in [0.15, 0.2) is 128 Å². The lowest BCUT2D eigenvalue weighted by Gasteiger charge is -2.41. The fourth-order valence-electron chi connectivity index (χ4n) is 23.8. The van der Waals surface area contributed by atoms with Crippen LogP contribution >= 0.6 is 34.8 Å². The molecule has 9 aromatic rings. The number of hydrogen-bond donors (Lipinski definition) is 0. The highest BCUT2D eigenvalue weighted by atomic mass is 35.5. The number of hydrogen-bond acceptors (Lipinski definition) is 21. The van der Waals surface area contributed by atoms with E-state index >= 15 is 0 Å². The van der Waals surface area contributed by atoms with Gasteiger partial charge < -0.3 is 72.8 Å². The van der Waals surface area contributed by atoms with Crippen molar-refractivity contribution in [1.29, 1.82) is 0 Å². The number of amides is 3. The van der Waals surface area contributed by atoms with E-state index in [4.69, 9.17) is 98.6 Å². The number of piperazine rings is 3. The molecule has 140 heavy (non-hydrogen) atoms. The number of carbonyl (C=O) groups excluding carboxylic acids is 3. The first-order valence-corrected chi connectivity index (χ1v) is 49.7. The third-order valence-electron chi connectivity index (χ3n) is 30.9. The van der Waals surface area contributed by atoms with E-state index in [0.29, 0.717) is 169 Å². The number of anilines is 6. The van der Waals surface area contributed by atoms with Crippen molar-refractivity contribution in [2.75, 3.05) is 180 Å². The zero-order chi connectivity index (χ0) is 97.7. The van der Waals surface area contributed by atoms with Crippen molar-refractivity contribution in [3.05, 3.63) is 229 Å². The highest BCUT2D eigenvalue weighted by Crippen LogP contribution is 2.61. The van der Waals surface area contributed by atoms with Crippen molar-refractivity contribution in [3.63, 3.8) is 0 Å². The molecule has 21 rings (SSSR count). The summed E-state index contributed by atoms with van der Waals surface area (Å²) < 4.78 is 105. The van der Waals surface area contributed by atoms with Crippen molar-refractivity contribution >= 4 is 119 Å². The quantitative estimate of drug-likeness (QED) is 0.0351. The van der Waals surface area contributed by atoms with Crippen LogP contribution < -0.4 is 43.6 Å². The molecule has 0 N–H and O–H groups in total. The standard InChI is InChI=1S/C36H38ClF2N7O2.C35H38ClF2N7O2.C33H36ClF2N7O2/c1-23(38)33(47)46-16-15-44(18-25(46)17-40-2)32-26-9-14-43(29-6-3-5-24-7-8-27(39)31(37)30(24)29)19-28(26)41-34(42-32)48-22-36-10-4-13-45(36)21-35(20-36)11-12-35;1-22-10-13-35(12-5-14-45(22)35)21-47-34-40-28-20-42(29-7-4-6-24-8-9-27(38)31(36)30(24)29)15-11-26(28)32(41-34)43-16-17-44(33(46)23(2)37)25(19-43)18-39-3;1-4-40-13-6-8-23(40)20-45-33-38-27-19-41(28-9-5-7-22-10-11-26(36)30(34)29(22)28)14-12-25(27)31(39-33)42-15-16-43(32(44)21(2)35)24(18-42)17-37-3/h3,5-8,25H,1,4,9-22H2;4,6-9,22,25H,2,5,10-21H2,1H3;5,7,9-11,23-24H,2,4,6,8,12-20H2,1H3/t25-,36?;22?,25-,35?;23-,24-/m000/s1. The van der Waals surface area contributed by atoms with Gasteiger partial charge >= 0.3 is 18.0 Å². The Morgan fingerprint density at radius 1 is 0.450 bits per heavy atom. The zero-order valence-electron chi connectivity index (χ0n) is 78.7. The lowest BCUT2D eigenvalue weighted by Crippen LogP contribution is -2.57. The summed E-state index contributed by atoms with van der Waals surface area (Å²) in [6, 6.07) is 27.0. The first kappa shape index (κ1) is 96.8. The number of likely N-dealkylation sites (N-methyl/N-ethyl adjacent to an activating group) is 1. The monoisotopic (exact) mass is 1970 g/mol. The first-order chi connectivity index (χ1) is 67.7. The van der Waals surface area contributed by atoms with Gasteiger partial charge in [-0.2, -0.15) is 29.9 Å². The van der Waals surface area contributed by atoms with E-state index in [2.05, 4.69) is 92.2 Å². The highest BCUT2D eigenvalue weighted by Gasteiger charge is 2.61. The molecule has 1 aliphatic carbocycles. The Morgan fingerprint density at radius 3 is 1.24 bits per heavy atom. The number of carbonyl (C=O) groups is 3. The molecule has 0 bridgehead atoms. The SMILES string of the molecule is [C-]#[N+]C[C@H]1CN(c2nc(OCC34CCCN3C(C)CC4)nc3c2CCN(c2cccc4ccc(F)c(Cl)c24)C3)CCN1C(=O)C(=C)F.[C-]#[N+]C[C@H]1CN(c2nc(OCC34CCCN3CC3(CC3)C4)nc3c2CCN(c2cccc4ccc(F)c(Cl)c24)C3)CCN1C(=O)C(=C)F.[C-]#[N+]C[C@H]1CN(c2nc(OC[C@@H]3CCCN3CC)nc3c2CCN(c2cccc4ccc(F)c(Cl)c24)C3)CCN1C(=O)C(=C)F. The second kappa shape index (κ2) is 40.5. The first-order valence-electron chi connectivity index (χ1n) is 48.6. The molecule has 0 radical (unpaired) electrons. The summed E-state index contributed by atoms with van der Waals surface area (Å²) >= 11 is 19.5. The number of fused-ring (bicyclic) bond motifs is 8. The number of likely N-dealkylation sites (tertiary alicyclic amines) is 1.